The van der Waals surface area contributed by atoms with Crippen LogP contribution in [0.1, 0.15) is 37.8 Å². The molecule has 2 heteroatoms. The van der Waals surface area contributed by atoms with Crippen molar-refractivity contribution >= 4 is 12.4 Å². The van der Waals surface area contributed by atoms with E-state index in [1.807, 2.05) is 0 Å². The highest BCUT2D eigenvalue weighted by Crippen LogP contribution is 2.47. The van der Waals surface area contributed by atoms with Crippen LogP contribution in [0, 0.1) is 5.92 Å². The Morgan fingerprint density at radius 2 is 1.75 bits per heavy atom. The number of halogens is 1. The topological polar surface area (TPSA) is 26.0 Å². The number of benzene rings is 1. The summed E-state index contributed by atoms with van der Waals surface area (Å²) in [6.07, 6.45) is 3.72. The van der Waals surface area contributed by atoms with Crippen LogP contribution in [0.25, 0.3) is 0 Å². The molecule has 0 saturated heterocycles. The van der Waals surface area contributed by atoms with E-state index in [2.05, 4.69) is 38.1 Å². The Labute approximate surface area is 105 Å². The molecule has 1 aliphatic carbocycles. The van der Waals surface area contributed by atoms with Gasteiger partial charge in [0, 0.05) is 12.0 Å². The Morgan fingerprint density at radius 1 is 1.19 bits per heavy atom. The third kappa shape index (κ3) is 2.78. The lowest BCUT2D eigenvalue weighted by Gasteiger charge is -2.13. The molecule has 0 radical (unpaired) electrons. The Hall–Kier alpha value is -0.530. The van der Waals surface area contributed by atoms with E-state index in [1.54, 1.807) is 0 Å². The van der Waals surface area contributed by atoms with Gasteiger partial charge in [-0.1, -0.05) is 38.1 Å². The van der Waals surface area contributed by atoms with Crippen molar-refractivity contribution in [2.75, 3.05) is 6.54 Å². The van der Waals surface area contributed by atoms with Crippen molar-refractivity contribution in [1.29, 1.82) is 0 Å². The summed E-state index contributed by atoms with van der Waals surface area (Å²) >= 11 is 0. The number of hydrogen-bond donors (Lipinski definition) is 1. The van der Waals surface area contributed by atoms with Crippen molar-refractivity contribution in [2.45, 2.75) is 38.5 Å². The van der Waals surface area contributed by atoms with E-state index in [1.165, 1.54) is 30.4 Å². The van der Waals surface area contributed by atoms with Gasteiger partial charge in [-0.05, 0) is 36.3 Å². The molecule has 0 aliphatic heterocycles. The van der Waals surface area contributed by atoms with E-state index in [0.717, 1.165) is 12.5 Å². The first-order valence-corrected chi connectivity index (χ1v) is 5.96. The molecule has 0 spiro atoms. The minimum absolute atomic E-state index is 0. The van der Waals surface area contributed by atoms with Crippen molar-refractivity contribution in [1.82, 2.24) is 0 Å². The van der Waals surface area contributed by atoms with Gasteiger partial charge in [0.05, 0.1) is 0 Å². The van der Waals surface area contributed by atoms with Gasteiger partial charge in [0.15, 0.2) is 0 Å². The molecule has 0 bridgehead atoms. The SMILES string of the molecule is CC(C)Cc1ccc(C2(CN)CC2)cc1.Cl. The third-order valence-electron chi connectivity index (χ3n) is 3.45. The number of hydrogen-bond acceptors (Lipinski definition) is 1. The second-order valence-electron chi connectivity index (χ2n) is 5.28. The van der Waals surface area contributed by atoms with Gasteiger partial charge in [0.1, 0.15) is 0 Å². The van der Waals surface area contributed by atoms with Crippen molar-refractivity contribution in [3.8, 4) is 0 Å². The highest BCUT2D eigenvalue weighted by molar-refractivity contribution is 5.85. The zero-order valence-electron chi connectivity index (χ0n) is 10.2. The third-order valence-corrected chi connectivity index (χ3v) is 3.45. The fraction of sp³-hybridized carbons (Fsp3) is 0.571. The van der Waals surface area contributed by atoms with Gasteiger partial charge in [-0.15, -0.1) is 12.4 Å². The molecule has 0 amide bonds. The summed E-state index contributed by atoms with van der Waals surface area (Å²) in [5.41, 5.74) is 9.05. The molecule has 1 aromatic carbocycles. The zero-order valence-corrected chi connectivity index (χ0v) is 11.0. The molecule has 1 fully saturated rings. The highest BCUT2D eigenvalue weighted by atomic mass is 35.5. The summed E-state index contributed by atoms with van der Waals surface area (Å²) in [5.74, 6) is 0.736. The minimum atomic E-state index is 0. The Bertz CT molecular complexity index is 325. The lowest BCUT2D eigenvalue weighted by atomic mass is 9.93. The molecule has 2 N–H and O–H groups in total. The Balaban J connectivity index is 0.00000128. The van der Waals surface area contributed by atoms with Gasteiger partial charge < -0.3 is 5.73 Å². The van der Waals surface area contributed by atoms with Crippen LogP contribution in [0.5, 0.6) is 0 Å². The molecule has 0 aromatic heterocycles. The van der Waals surface area contributed by atoms with E-state index >= 15 is 0 Å². The van der Waals surface area contributed by atoms with Gasteiger partial charge in [0.25, 0.3) is 0 Å². The molecular formula is C14H22ClN. The minimum Gasteiger partial charge on any atom is -0.330 e. The van der Waals surface area contributed by atoms with Crippen LogP contribution in [-0.4, -0.2) is 6.54 Å². The lowest BCUT2D eigenvalue weighted by molar-refractivity contribution is 0.646. The van der Waals surface area contributed by atoms with Gasteiger partial charge in [-0.25, -0.2) is 0 Å². The van der Waals surface area contributed by atoms with Crippen LogP contribution in [0.4, 0.5) is 0 Å². The summed E-state index contributed by atoms with van der Waals surface area (Å²) in [5, 5.41) is 0. The van der Waals surface area contributed by atoms with Crippen molar-refractivity contribution in [2.24, 2.45) is 11.7 Å². The summed E-state index contributed by atoms with van der Waals surface area (Å²) in [4.78, 5) is 0. The second kappa shape index (κ2) is 5.20. The van der Waals surface area contributed by atoms with Crippen molar-refractivity contribution in [3.63, 3.8) is 0 Å². The van der Waals surface area contributed by atoms with Gasteiger partial charge in [-0.2, -0.15) is 0 Å². The first-order valence-electron chi connectivity index (χ1n) is 5.96. The van der Waals surface area contributed by atoms with Crippen LogP contribution in [0.15, 0.2) is 24.3 Å². The molecular weight excluding hydrogens is 218 g/mol. The van der Waals surface area contributed by atoms with Crippen LogP contribution in [0.3, 0.4) is 0 Å². The maximum Gasteiger partial charge on any atom is 0.00762 e. The van der Waals surface area contributed by atoms with Crippen LogP contribution in [0.2, 0.25) is 0 Å². The fourth-order valence-corrected chi connectivity index (χ4v) is 2.23. The monoisotopic (exact) mass is 239 g/mol. The standard InChI is InChI=1S/C14H21N.ClH/c1-11(2)9-12-3-5-13(6-4-12)14(10-15)7-8-14;/h3-6,11H,7-10,15H2,1-2H3;1H. The van der Waals surface area contributed by atoms with Gasteiger partial charge in [0.2, 0.25) is 0 Å². The number of rotatable bonds is 4. The van der Waals surface area contributed by atoms with Gasteiger partial charge in [-0.3, -0.25) is 0 Å². The average Bonchev–Trinajstić information content (AvgIpc) is 2.99. The normalized spacial score (nSPS) is 17.0. The molecule has 2 rings (SSSR count). The first-order chi connectivity index (χ1) is 7.16. The maximum atomic E-state index is 5.82. The smallest absolute Gasteiger partial charge is 0.00762 e. The van der Waals surface area contributed by atoms with Crippen molar-refractivity contribution < 1.29 is 0 Å². The molecule has 1 saturated carbocycles. The molecule has 1 nitrogen and oxygen atoms in total. The molecule has 0 heterocycles. The van der Waals surface area contributed by atoms with Crippen LogP contribution < -0.4 is 5.73 Å². The second-order valence-corrected chi connectivity index (χ2v) is 5.28. The predicted octanol–water partition coefficient (Wildman–Crippen LogP) is 3.30. The highest BCUT2D eigenvalue weighted by Gasteiger charge is 2.42. The summed E-state index contributed by atoms with van der Waals surface area (Å²) in [6, 6.07) is 9.09. The van der Waals surface area contributed by atoms with E-state index in [4.69, 9.17) is 5.73 Å². The Kier molecular flexibility index (Phi) is 4.40. The molecule has 90 valence electrons. The zero-order chi connectivity index (χ0) is 10.9. The molecule has 1 aromatic rings. The first kappa shape index (κ1) is 13.5. The fourth-order valence-electron chi connectivity index (χ4n) is 2.23. The summed E-state index contributed by atoms with van der Waals surface area (Å²) in [7, 11) is 0. The predicted molar refractivity (Wildman–Crippen MR) is 72.2 cm³/mol. The largest absolute Gasteiger partial charge is 0.330 e. The molecule has 0 unspecified atom stereocenters. The maximum absolute atomic E-state index is 5.82. The van der Waals surface area contributed by atoms with Crippen LogP contribution in [-0.2, 0) is 11.8 Å². The molecule has 16 heavy (non-hydrogen) atoms. The van der Waals surface area contributed by atoms with Crippen LogP contribution >= 0.6 is 12.4 Å². The average molecular weight is 240 g/mol. The Morgan fingerprint density at radius 3 is 2.12 bits per heavy atom. The van der Waals surface area contributed by atoms with E-state index in [0.29, 0.717) is 5.41 Å². The molecule has 1 aliphatic rings. The van der Waals surface area contributed by atoms with Crippen molar-refractivity contribution in [3.05, 3.63) is 35.4 Å². The lowest BCUT2D eigenvalue weighted by Crippen LogP contribution is -2.19. The van der Waals surface area contributed by atoms with E-state index < -0.39 is 0 Å². The number of nitrogens with two attached hydrogens (primary N) is 1. The van der Waals surface area contributed by atoms with Gasteiger partial charge >= 0.3 is 0 Å². The van der Waals surface area contributed by atoms with E-state index in [9.17, 15) is 0 Å². The summed E-state index contributed by atoms with van der Waals surface area (Å²) in [6.45, 7) is 5.32. The quantitative estimate of drug-likeness (QED) is 0.857. The molecule has 0 atom stereocenters. The summed E-state index contributed by atoms with van der Waals surface area (Å²) < 4.78 is 0. The van der Waals surface area contributed by atoms with E-state index in [-0.39, 0.29) is 12.4 Å².